The van der Waals surface area contributed by atoms with Gasteiger partial charge in [-0.2, -0.15) is 0 Å². The van der Waals surface area contributed by atoms with Gasteiger partial charge in [-0.25, -0.2) is 4.99 Å². The van der Waals surface area contributed by atoms with Crippen molar-refractivity contribution in [3.8, 4) is 0 Å². The lowest BCUT2D eigenvalue weighted by molar-refractivity contribution is 1.29. The van der Waals surface area contributed by atoms with E-state index in [-0.39, 0.29) is 0 Å². The quantitative estimate of drug-likeness (QED) is 0.338. The second kappa shape index (κ2) is 3.89. The molecule has 0 saturated heterocycles. The van der Waals surface area contributed by atoms with Crippen molar-refractivity contribution in [2.75, 3.05) is 0 Å². The normalized spacial score (nSPS) is 12.4. The highest BCUT2D eigenvalue weighted by molar-refractivity contribution is 5.53. The standard InChI is InChI=1S/C7H12N2/c1-6(2)4-7(3)9-5-8/h4-5H,1H2,2-3H3,(H2,8,9)/b7-4-. The first-order valence-electron chi connectivity index (χ1n) is 2.75. The Hall–Kier alpha value is -1.05. The fourth-order valence-electron chi connectivity index (χ4n) is 0.511. The van der Waals surface area contributed by atoms with Crippen molar-refractivity contribution < 1.29 is 0 Å². The summed E-state index contributed by atoms with van der Waals surface area (Å²) in [6, 6.07) is 0. The zero-order chi connectivity index (χ0) is 7.28. The number of nitrogens with zero attached hydrogens (tertiary/aromatic N) is 1. The molecule has 0 aromatic heterocycles. The summed E-state index contributed by atoms with van der Waals surface area (Å²) in [4.78, 5) is 3.82. The summed E-state index contributed by atoms with van der Waals surface area (Å²) in [5.74, 6) is 0. The van der Waals surface area contributed by atoms with Gasteiger partial charge >= 0.3 is 0 Å². The van der Waals surface area contributed by atoms with Crippen LogP contribution in [0.25, 0.3) is 0 Å². The lowest BCUT2D eigenvalue weighted by Gasteiger charge is -1.88. The van der Waals surface area contributed by atoms with E-state index < -0.39 is 0 Å². The number of hydrogen-bond acceptors (Lipinski definition) is 1. The van der Waals surface area contributed by atoms with E-state index in [9.17, 15) is 0 Å². The minimum absolute atomic E-state index is 0.880. The highest BCUT2D eigenvalue weighted by atomic mass is 14.8. The van der Waals surface area contributed by atoms with Gasteiger partial charge in [-0.05, 0) is 19.9 Å². The van der Waals surface area contributed by atoms with Crippen molar-refractivity contribution in [3.63, 3.8) is 0 Å². The molecule has 2 nitrogen and oxygen atoms in total. The molecule has 0 aliphatic carbocycles. The van der Waals surface area contributed by atoms with Crippen LogP contribution in [0.15, 0.2) is 28.9 Å². The summed E-state index contributed by atoms with van der Waals surface area (Å²) in [5.41, 5.74) is 6.91. The molecule has 0 aliphatic heterocycles. The number of aliphatic imine (C=N–C) groups is 1. The first kappa shape index (κ1) is 7.95. The van der Waals surface area contributed by atoms with Crippen LogP contribution in [0, 0.1) is 0 Å². The molecule has 0 aromatic carbocycles. The molecule has 2 N–H and O–H groups in total. The van der Waals surface area contributed by atoms with Crippen LogP contribution in [-0.2, 0) is 0 Å². The van der Waals surface area contributed by atoms with E-state index in [2.05, 4.69) is 11.6 Å². The van der Waals surface area contributed by atoms with E-state index >= 15 is 0 Å². The smallest absolute Gasteiger partial charge is 0.0856 e. The van der Waals surface area contributed by atoms with Crippen molar-refractivity contribution in [2.45, 2.75) is 13.8 Å². The maximum Gasteiger partial charge on any atom is 0.0856 e. The van der Waals surface area contributed by atoms with Crippen molar-refractivity contribution >= 4 is 6.34 Å². The van der Waals surface area contributed by atoms with E-state index in [1.54, 1.807) is 0 Å². The van der Waals surface area contributed by atoms with Crippen molar-refractivity contribution in [2.24, 2.45) is 10.7 Å². The van der Waals surface area contributed by atoms with Gasteiger partial charge in [-0.3, -0.25) is 0 Å². The number of hydrogen-bond donors (Lipinski definition) is 1. The molecule has 0 aromatic rings. The molecule has 0 bridgehead atoms. The lowest BCUT2D eigenvalue weighted by Crippen LogP contribution is -1.87. The Kier molecular flexibility index (Phi) is 3.44. The monoisotopic (exact) mass is 124 g/mol. The zero-order valence-corrected chi connectivity index (χ0v) is 5.89. The van der Waals surface area contributed by atoms with E-state index in [0.717, 1.165) is 11.3 Å². The highest BCUT2D eigenvalue weighted by Gasteiger charge is 1.79. The lowest BCUT2D eigenvalue weighted by atomic mass is 10.3. The number of nitrogens with two attached hydrogens (primary N) is 1. The molecule has 0 heterocycles. The van der Waals surface area contributed by atoms with Gasteiger partial charge < -0.3 is 5.73 Å². The summed E-state index contributed by atoms with van der Waals surface area (Å²) >= 11 is 0. The zero-order valence-electron chi connectivity index (χ0n) is 5.89. The van der Waals surface area contributed by atoms with Gasteiger partial charge in [0.05, 0.1) is 6.34 Å². The fourth-order valence-corrected chi connectivity index (χ4v) is 0.511. The summed E-state index contributed by atoms with van der Waals surface area (Å²) < 4.78 is 0. The molecule has 0 radical (unpaired) electrons. The molecule has 0 atom stereocenters. The Morgan fingerprint density at radius 2 is 2.11 bits per heavy atom. The van der Waals surface area contributed by atoms with E-state index in [1.807, 2.05) is 19.9 Å². The average molecular weight is 124 g/mol. The largest absolute Gasteiger partial charge is 0.390 e. The number of allylic oxidation sites excluding steroid dienone is 3. The maximum atomic E-state index is 5.04. The summed E-state index contributed by atoms with van der Waals surface area (Å²) in [7, 11) is 0. The Bertz CT molecular complexity index is 154. The van der Waals surface area contributed by atoms with Crippen LogP contribution in [-0.4, -0.2) is 6.34 Å². The van der Waals surface area contributed by atoms with Crippen LogP contribution < -0.4 is 5.73 Å². The minimum atomic E-state index is 0.880. The van der Waals surface area contributed by atoms with Gasteiger partial charge in [-0.15, -0.1) is 0 Å². The molecular formula is C7H12N2. The van der Waals surface area contributed by atoms with Crippen LogP contribution in [0.4, 0.5) is 0 Å². The fraction of sp³-hybridized carbons (Fsp3) is 0.286. The summed E-state index contributed by atoms with van der Waals surface area (Å²) in [5, 5.41) is 0. The average Bonchev–Trinajstić information content (AvgIpc) is 1.63. The summed E-state index contributed by atoms with van der Waals surface area (Å²) in [6.07, 6.45) is 3.14. The van der Waals surface area contributed by atoms with Gasteiger partial charge in [0.1, 0.15) is 0 Å². The molecule has 50 valence electrons. The topological polar surface area (TPSA) is 38.4 Å². The van der Waals surface area contributed by atoms with Crippen LogP contribution in [0.2, 0.25) is 0 Å². The molecule has 0 spiro atoms. The third-order valence-electron chi connectivity index (χ3n) is 0.733. The first-order valence-corrected chi connectivity index (χ1v) is 2.75. The third-order valence-corrected chi connectivity index (χ3v) is 0.733. The van der Waals surface area contributed by atoms with Crippen LogP contribution in [0.3, 0.4) is 0 Å². The third kappa shape index (κ3) is 4.81. The van der Waals surface area contributed by atoms with Crippen LogP contribution >= 0.6 is 0 Å². The highest BCUT2D eigenvalue weighted by Crippen LogP contribution is 1.98. The SMILES string of the molecule is C=C(C)/C=C(/C)N=CN. The Labute approximate surface area is 55.8 Å². The predicted molar refractivity (Wildman–Crippen MR) is 41.3 cm³/mol. The van der Waals surface area contributed by atoms with Crippen LogP contribution in [0.1, 0.15) is 13.8 Å². The van der Waals surface area contributed by atoms with Crippen molar-refractivity contribution in [3.05, 3.63) is 23.9 Å². The first-order chi connectivity index (χ1) is 4.16. The molecule has 0 fully saturated rings. The second-order valence-corrected chi connectivity index (χ2v) is 1.91. The van der Waals surface area contributed by atoms with Gasteiger partial charge in [0, 0.05) is 5.70 Å². The number of rotatable bonds is 2. The van der Waals surface area contributed by atoms with Gasteiger partial charge in [0.15, 0.2) is 0 Å². The van der Waals surface area contributed by atoms with Crippen LogP contribution in [0.5, 0.6) is 0 Å². The molecule has 0 unspecified atom stereocenters. The molecule has 0 saturated carbocycles. The molecule has 2 heteroatoms. The van der Waals surface area contributed by atoms with E-state index in [0.29, 0.717) is 0 Å². The Morgan fingerprint density at radius 3 is 2.44 bits per heavy atom. The summed E-state index contributed by atoms with van der Waals surface area (Å²) in [6.45, 7) is 7.47. The van der Waals surface area contributed by atoms with E-state index in [4.69, 9.17) is 5.73 Å². The molecular weight excluding hydrogens is 112 g/mol. The molecule has 0 aliphatic rings. The molecule has 0 rings (SSSR count). The van der Waals surface area contributed by atoms with Gasteiger partial charge in [-0.1, -0.05) is 12.2 Å². The van der Waals surface area contributed by atoms with Gasteiger partial charge in [0.25, 0.3) is 0 Å². The van der Waals surface area contributed by atoms with E-state index in [1.165, 1.54) is 6.34 Å². The molecule has 9 heavy (non-hydrogen) atoms. The Balaban J connectivity index is 4.00. The van der Waals surface area contributed by atoms with Crippen molar-refractivity contribution in [1.29, 1.82) is 0 Å². The Morgan fingerprint density at radius 1 is 1.56 bits per heavy atom. The van der Waals surface area contributed by atoms with Crippen molar-refractivity contribution in [1.82, 2.24) is 0 Å². The molecule has 0 amide bonds. The van der Waals surface area contributed by atoms with Gasteiger partial charge in [0.2, 0.25) is 0 Å². The maximum absolute atomic E-state index is 5.04. The predicted octanol–water partition coefficient (Wildman–Crippen LogP) is 1.45. The second-order valence-electron chi connectivity index (χ2n) is 1.91. The minimum Gasteiger partial charge on any atom is -0.390 e.